The summed E-state index contributed by atoms with van der Waals surface area (Å²) in [6.45, 7) is 3.46. The fraction of sp³-hybridized carbons (Fsp3) is 0.316. The smallest absolute Gasteiger partial charge is 0.244 e. The quantitative estimate of drug-likeness (QED) is 0.836. The molecule has 1 aliphatic heterocycles. The SMILES string of the molecule is C[C@H]1OCCN[C@@H]1C(=O)Nc1cccc(OCc2ccc(F)cc2)c1.Cl. The Hall–Kier alpha value is -2.15. The Morgan fingerprint density at radius 1 is 1.31 bits per heavy atom. The average Bonchev–Trinajstić information content (AvgIpc) is 2.62. The molecule has 0 spiro atoms. The zero-order valence-electron chi connectivity index (χ0n) is 14.4. The van der Waals surface area contributed by atoms with Gasteiger partial charge in [-0.05, 0) is 36.8 Å². The van der Waals surface area contributed by atoms with E-state index in [1.807, 2.05) is 19.1 Å². The molecule has 0 unspecified atom stereocenters. The van der Waals surface area contributed by atoms with Gasteiger partial charge in [0.1, 0.15) is 24.2 Å². The third-order valence-electron chi connectivity index (χ3n) is 4.02. The molecular weight excluding hydrogens is 359 g/mol. The van der Waals surface area contributed by atoms with Gasteiger partial charge in [0.2, 0.25) is 5.91 Å². The van der Waals surface area contributed by atoms with Crippen molar-refractivity contribution in [3.05, 3.63) is 59.9 Å². The van der Waals surface area contributed by atoms with Gasteiger partial charge in [0.05, 0.1) is 12.7 Å². The highest BCUT2D eigenvalue weighted by Crippen LogP contribution is 2.19. The number of anilines is 1. The van der Waals surface area contributed by atoms with Crippen molar-refractivity contribution in [1.29, 1.82) is 0 Å². The van der Waals surface area contributed by atoms with Crippen LogP contribution in [0.25, 0.3) is 0 Å². The molecule has 5 nitrogen and oxygen atoms in total. The fourth-order valence-corrected chi connectivity index (χ4v) is 2.66. The second kappa shape index (κ2) is 9.52. The summed E-state index contributed by atoms with van der Waals surface area (Å²) in [6.07, 6.45) is -0.174. The highest BCUT2D eigenvalue weighted by molar-refractivity contribution is 5.95. The lowest BCUT2D eigenvalue weighted by Crippen LogP contribution is -2.53. The van der Waals surface area contributed by atoms with E-state index in [-0.39, 0.29) is 36.3 Å². The molecule has 2 aromatic rings. The molecule has 0 radical (unpaired) electrons. The number of amides is 1. The molecule has 26 heavy (non-hydrogen) atoms. The van der Waals surface area contributed by atoms with Crippen molar-refractivity contribution in [2.24, 2.45) is 0 Å². The van der Waals surface area contributed by atoms with Crippen molar-refractivity contribution in [1.82, 2.24) is 5.32 Å². The molecule has 1 saturated heterocycles. The number of nitrogens with one attached hydrogen (secondary N) is 2. The van der Waals surface area contributed by atoms with Crippen molar-refractivity contribution in [3.63, 3.8) is 0 Å². The minimum Gasteiger partial charge on any atom is -0.489 e. The fourth-order valence-electron chi connectivity index (χ4n) is 2.66. The summed E-state index contributed by atoms with van der Waals surface area (Å²) in [5.74, 6) is 0.217. The summed E-state index contributed by atoms with van der Waals surface area (Å²) in [4.78, 5) is 12.4. The van der Waals surface area contributed by atoms with Gasteiger partial charge in [-0.15, -0.1) is 12.4 Å². The first-order valence-corrected chi connectivity index (χ1v) is 8.25. The Morgan fingerprint density at radius 3 is 2.81 bits per heavy atom. The van der Waals surface area contributed by atoms with Crippen LogP contribution in [0.5, 0.6) is 5.75 Å². The summed E-state index contributed by atoms with van der Waals surface area (Å²) in [7, 11) is 0. The van der Waals surface area contributed by atoms with Crippen LogP contribution in [0, 0.1) is 5.82 Å². The molecule has 140 valence electrons. The number of carbonyl (C=O) groups is 1. The van der Waals surface area contributed by atoms with Crippen molar-refractivity contribution in [2.45, 2.75) is 25.7 Å². The Bertz CT molecular complexity index is 727. The summed E-state index contributed by atoms with van der Waals surface area (Å²) in [5, 5.41) is 6.03. The Balaban J connectivity index is 0.00000243. The maximum absolute atomic E-state index is 12.9. The Morgan fingerprint density at radius 2 is 2.08 bits per heavy atom. The molecule has 3 rings (SSSR count). The lowest BCUT2D eigenvalue weighted by molar-refractivity contribution is -0.123. The Kier molecular flexibility index (Phi) is 7.38. The van der Waals surface area contributed by atoms with Gasteiger partial charge >= 0.3 is 0 Å². The van der Waals surface area contributed by atoms with Crippen LogP contribution in [0.15, 0.2) is 48.5 Å². The minimum atomic E-state index is -0.377. The summed E-state index contributed by atoms with van der Waals surface area (Å²) in [6, 6.07) is 13.0. The molecule has 2 N–H and O–H groups in total. The monoisotopic (exact) mass is 380 g/mol. The first-order chi connectivity index (χ1) is 12.1. The van der Waals surface area contributed by atoms with Crippen molar-refractivity contribution in [2.75, 3.05) is 18.5 Å². The molecule has 1 heterocycles. The molecular formula is C19H22ClFN2O3. The molecule has 1 fully saturated rings. The predicted molar refractivity (Wildman–Crippen MR) is 100 cm³/mol. The number of hydrogen-bond donors (Lipinski definition) is 2. The van der Waals surface area contributed by atoms with Crippen LogP contribution in [0.1, 0.15) is 12.5 Å². The summed E-state index contributed by atoms with van der Waals surface area (Å²) >= 11 is 0. The van der Waals surface area contributed by atoms with Gasteiger partial charge in [-0.3, -0.25) is 4.79 Å². The number of ether oxygens (including phenoxy) is 2. The van der Waals surface area contributed by atoms with E-state index in [4.69, 9.17) is 9.47 Å². The molecule has 7 heteroatoms. The highest BCUT2D eigenvalue weighted by atomic mass is 35.5. The van der Waals surface area contributed by atoms with Gasteiger partial charge in [-0.1, -0.05) is 18.2 Å². The third-order valence-corrected chi connectivity index (χ3v) is 4.02. The van der Waals surface area contributed by atoms with Gasteiger partial charge in [0.15, 0.2) is 0 Å². The zero-order valence-corrected chi connectivity index (χ0v) is 15.2. The van der Waals surface area contributed by atoms with Crippen molar-refractivity contribution >= 4 is 24.0 Å². The second-order valence-electron chi connectivity index (χ2n) is 5.94. The van der Waals surface area contributed by atoms with Crippen LogP contribution in [0.2, 0.25) is 0 Å². The van der Waals surface area contributed by atoms with Crippen LogP contribution < -0.4 is 15.4 Å². The van der Waals surface area contributed by atoms with E-state index < -0.39 is 0 Å². The van der Waals surface area contributed by atoms with Gasteiger partial charge in [-0.2, -0.15) is 0 Å². The van der Waals surface area contributed by atoms with Crippen LogP contribution in [0.3, 0.4) is 0 Å². The number of rotatable bonds is 5. The van der Waals surface area contributed by atoms with E-state index in [1.54, 1.807) is 24.3 Å². The minimum absolute atomic E-state index is 0. The number of morpholine rings is 1. The maximum atomic E-state index is 12.9. The molecule has 2 aromatic carbocycles. The lowest BCUT2D eigenvalue weighted by atomic mass is 10.1. The van der Waals surface area contributed by atoms with Crippen LogP contribution in [-0.4, -0.2) is 31.2 Å². The van der Waals surface area contributed by atoms with E-state index in [0.717, 1.165) is 5.56 Å². The molecule has 0 bridgehead atoms. The van der Waals surface area contributed by atoms with Gasteiger partial charge < -0.3 is 20.1 Å². The third kappa shape index (κ3) is 5.42. The van der Waals surface area contributed by atoms with Crippen molar-refractivity contribution in [3.8, 4) is 5.75 Å². The van der Waals surface area contributed by atoms with Crippen molar-refractivity contribution < 1.29 is 18.7 Å². The molecule has 0 aliphatic carbocycles. The van der Waals surface area contributed by atoms with E-state index >= 15 is 0 Å². The van der Waals surface area contributed by atoms with E-state index in [0.29, 0.717) is 31.2 Å². The first kappa shape index (κ1) is 20.2. The van der Waals surface area contributed by atoms with E-state index in [9.17, 15) is 9.18 Å². The molecule has 2 atom stereocenters. The topological polar surface area (TPSA) is 59.6 Å². The average molecular weight is 381 g/mol. The number of hydrogen-bond acceptors (Lipinski definition) is 4. The van der Waals surface area contributed by atoms with E-state index in [2.05, 4.69) is 10.6 Å². The summed E-state index contributed by atoms with van der Waals surface area (Å²) in [5.41, 5.74) is 1.52. The number of carbonyl (C=O) groups excluding carboxylic acids is 1. The van der Waals surface area contributed by atoms with Crippen LogP contribution in [0.4, 0.5) is 10.1 Å². The van der Waals surface area contributed by atoms with Crippen LogP contribution in [-0.2, 0) is 16.1 Å². The van der Waals surface area contributed by atoms with Crippen LogP contribution >= 0.6 is 12.4 Å². The standard InChI is InChI=1S/C19H21FN2O3.ClH/c1-13-18(21-9-10-24-13)19(23)22-16-3-2-4-17(11-16)25-12-14-5-7-15(20)8-6-14;/h2-8,11,13,18,21H,9-10,12H2,1H3,(H,22,23);1H/t13-,18+;/m1./s1. The number of benzene rings is 2. The van der Waals surface area contributed by atoms with Gasteiger partial charge in [0, 0.05) is 18.3 Å². The maximum Gasteiger partial charge on any atom is 0.244 e. The molecule has 0 saturated carbocycles. The first-order valence-electron chi connectivity index (χ1n) is 8.25. The van der Waals surface area contributed by atoms with Gasteiger partial charge in [-0.25, -0.2) is 4.39 Å². The lowest BCUT2D eigenvalue weighted by Gasteiger charge is -2.29. The highest BCUT2D eigenvalue weighted by Gasteiger charge is 2.28. The normalized spacial score (nSPS) is 19.3. The number of halogens is 2. The Labute approximate surface area is 158 Å². The molecule has 0 aromatic heterocycles. The largest absolute Gasteiger partial charge is 0.489 e. The molecule has 1 amide bonds. The zero-order chi connectivity index (χ0) is 17.6. The molecule has 1 aliphatic rings. The summed E-state index contributed by atoms with van der Waals surface area (Å²) < 4.78 is 24.1. The van der Waals surface area contributed by atoms with E-state index in [1.165, 1.54) is 12.1 Å². The second-order valence-corrected chi connectivity index (χ2v) is 5.94. The predicted octanol–water partition coefficient (Wildman–Crippen LogP) is 3.14. The van der Waals surface area contributed by atoms with Gasteiger partial charge in [0.25, 0.3) is 0 Å².